The van der Waals surface area contributed by atoms with Crippen molar-refractivity contribution in [3.63, 3.8) is 0 Å². The van der Waals surface area contributed by atoms with Crippen LogP contribution < -0.4 is 4.90 Å². The van der Waals surface area contributed by atoms with Crippen molar-refractivity contribution in [2.24, 2.45) is 0 Å². The SMILES string of the molecule is c1ccc(-c2cccc(N(c3ccccc3)c3ccc4c(c3)-c3cccc5ccc6oc7cccc-4c7c6c35)c2)cc1. The summed E-state index contributed by atoms with van der Waals surface area (Å²) in [5.74, 6) is 0. The number of anilines is 3. The molecule has 0 radical (unpaired) electrons. The number of nitrogens with zero attached hydrogens (tertiary/aromatic N) is 1. The topological polar surface area (TPSA) is 16.4 Å². The Kier molecular flexibility index (Phi) is 4.93. The van der Waals surface area contributed by atoms with Crippen molar-refractivity contribution in [3.8, 4) is 33.4 Å². The second-order valence-electron chi connectivity index (χ2n) is 10.9. The molecule has 1 aliphatic rings. The van der Waals surface area contributed by atoms with E-state index in [1.54, 1.807) is 0 Å². The van der Waals surface area contributed by atoms with Gasteiger partial charge in [0.25, 0.3) is 0 Å². The van der Waals surface area contributed by atoms with Crippen LogP contribution in [-0.2, 0) is 0 Å². The molecule has 0 bridgehead atoms. The molecule has 0 unspecified atom stereocenters. The number of hydrogen-bond donors (Lipinski definition) is 0. The minimum Gasteiger partial charge on any atom is -0.456 e. The standard InChI is InChI=1S/C40H25NO/c1-3-10-26(11-4-1)28-13-7-16-30(24-28)41(29-14-5-2-6-15-29)31-21-22-32-33-18-9-19-36-39(33)40-37(42-36)23-20-27-12-8-17-34(38(27)40)35(32)25-31/h1-25H. The van der Waals surface area contributed by atoms with Gasteiger partial charge in [0, 0.05) is 33.2 Å². The maximum absolute atomic E-state index is 6.36. The van der Waals surface area contributed by atoms with Crippen molar-refractivity contribution >= 4 is 49.8 Å². The Morgan fingerprint density at radius 3 is 1.88 bits per heavy atom. The van der Waals surface area contributed by atoms with Gasteiger partial charge in [0.15, 0.2) is 0 Å². The third-order valence-corrected chi connectivity index (χ3v) is 8.57. The lowest BCUT2D eigenvalue weighted by atomic mass is 9.92. The van der Waals surface area contributed by atoms with Gasteiger partial charge in [-0.1, -0.05) is 103 Å². The van der Waals surface area contributed by atoms with Crippen LogP contribution in [0.4, 0.5) is 17.1 Å². The largest absolute Gasteiger partial charge is 0.456 e. The zero-order chi connectivity index (χ0) is 27.6. The predicted octanol–water partition coefficient (Wildman–Crippen LogP) is 11.5. The van der Waals surface area contributed by atoms with Gasteiger partial charge in [-0.2, -0.15) is 0 Å². The summed E-state index contributed by atoms with van der Waals surface area (Å²) in [4.78, 5) is 2.36. The third-order valence-electron chi connectivity index (χ3n) is 8.57. The Labute approximate surface area is 243 Å². The summed E-state index contributed by atoms with van der Waals surface area (Å²) >= 11 is 0. The van der Waals surface area contributed by atoms with Crippen molar-refractivity contribution in [3.05, 3.63) is 152 Å². The van der Waals surface area contributed by atoms with Gasteiger partial charge in [0.1, 0.15) is 11.2 Å². The maximum atomic E-state index is 6.36. The molecule has 0 N–H and O–H groups in total. The van der Waals surface area contributed by atoms with Gasteiger partial charge in [-0.3, -0.25) is 0 Å². The van der Waals surface area contributed by atoms with Crippen LogP contribution in [0.1, 0.15) is 0 Å². The molecule has 9 rings (SSSR count). The minimum atomic E-state index is 0.936. The van der Waals surface area contributed by atoms with Crippen LogP contribution in [0.15, 0.2) is 156 Å². The van der Waals surface area contributed by atoms with Crippen molar-refractivity contribution in [2.75, 3.05) is 4.90 Å². The van der Waals surface area contributed by atoms with Crippen LogP contribution in [0, 0.1) is 0 Å². The number of hydrogen-bond acceptors (Lipinski definition) is 2. The maximum Gasteiger partial charge on any atom is 0.136 e. The van der Waals surface area contributed by atoms with E-state index in [-0.39, 0.29) is 0 Å². The predicted molar refractivity (Wildman–Crippen MR) is 176 cm³/mol. The molecule has 0 atom stereocenters. The van der Waals surface area contributed by atoms with E-state index < -0.39 is 0 Å². The minimum absolute atomic E-state index is 0.936. The molecule has 1 aromatic heterocycles. The average molecular weight is 536 g/mol. The van der Waals surface area contributed by atoms with Gasteiger partial charge < -0.3 is 9.32 Å². The molecule has 42 heavy (non-hydrogen) atoms. The highest BCUT2D eigenvalue weighted by Gasteiger charge is 2.24. The first-order valence-corrected chi connectivity index (χ1v) is 14.4. The van der Waals surface area contributed by atoms with Crippen LogP contribution in [0.3, 0.4) is 0 Å². The number of benzene rings is 7. The van der Waals surface area contributed by atoms with Crippen molar-refractivity contribution < 1.29 is 4.42 Å². The van der Waals surface area contributed by atoms with E-state index in [4.69, 9.17) is 4.42 Å². The van der Waals surface area contributed by atoms with E-state index in [1.165, 1.54) is 54.9 Å². The first kappa shape index (κ1) is 23.1. The summed E-state index contributed by atoms with van der Waals surface area (Å²) in [5, 5.41) is 4.90. The highest BCUT2D eigenvalue weighted by atomic mass is 16.3. The lowest BCUT2D eigenvalue weighted by molar-refractivity contribution is 0.669. The van der Waals surface area contributed by atoms with Crippen molar-refractivity contribution in [2.45, 2.75) is 0 Å². The van der Waals surface area contributed by atoms with Gasteiger partial charge in [-0.25, -0.2) is 0 Å². The van der Waals surface area contributed by atoms with Crippen LogP contribution in [-0.4, -0.2) is 0 Å². The molecule has 1 aliphatic carbocycles. The molecule has 2 heteroatoms. The van der Waals surface area contributed by atoms with E-state index >= 15 is 0 Å². The lowest BCUT2D eigenvalue weighted by Gasteiger charge is -2.27. The Bertz CT molecular complexity index is 2300. The van der Waals surface area contributed by atoms with Crippen molar-refractivity contribution in [1.29, 1.82) is 0 Å². The van der Waals surface area contributed by atoms with Crippen LogP contribution in [0.25, 0.3) is 66.1 Å². The molecule has 7 aromatic carbocycles. The Balaban J connectivity index is 1.32. The van der Waals surface area contributed by atoms with Gasteiger partial charge in [-0.05, 0) is 87.3 Å². The highest BCUT2D eigenvalue weighted by Crippen LogP contribution is 2.50. The molecule has 0 aliphatic heterocycles. The molecule has 8 aromatic rings. The summed E-state index contributed by atoms with van der Waals surface area (Å²) in [6.45, 7) is 0. The van der Waals surface area contributed by atoms with Crippen molar-refractivity contribution in [1.82, 2.24) is 0 Å². The van der Waals surface area contributed by atoms with Crippen LogP contribution >= 0.6 is 0 Å². The Hall–Kier alpha value is -5.60. The summed E-state index contributed by atoms with van der Waals surface area (Å²) in [6.07, 6.45) is 0. The fourth-order valence-corrected chi connectivity index (χ4v) is 6.74. The molecule has 0 spiro atoms. The zero-order valence-corrected chi connectivity index (χ0v) is 22.8. The summed E-state index contributed by atoms with van der Waals surface area (Å²) in [5.41, 5.74) is 12.5. The van der Waals surface area contributed by atoms with E-state index in [0.29, 0.717) is 0 Å². The van der Waals surface area contributed by atoms with Gasteiger partial charge in [0.05, 0.1) is 0 Å². The van der Waals surface area contributed by atoms with E-state index in [0.717, 1.165) is 28.2 Å². The summed E-state index contributed by atoms with van der Waals surface area (Å²) < 4.78 is 6.36. The first-order valence-electron chi connectivity index (χ1n) is 14.4. The molecular formula is C40H25NO. The van der Waals surface area contributed by atoms with Gasteiger partial charge >= 0.3 is 0 Å². The van der Waals surface area contributed by atoms with E-state index in [9.17, 15) is 0 Å². The fourth-order valence-electron chi connectivity index (χ4n) is 6.74. The molecule has 196 valence electrons. The van der Waals surface area contributed by atoms with E-state index in [1.807, 2.05) is 0 Å². The fraction of sp³-hybridized carbons (Fsp3) is 0. The van der Waals surface area contributed by atoms with Gasteiger partial charge in [-0.15, -0.1) is 0 Å². The molecule has 0 saturated carbocycles. The lowest BCUT2D eigenvalue weighted by Crippen LogP contribution is -2.10. The Morgan fingerprint density at radius 1 is 0.357 bits per heavy atom. The van der Waals surface area contributed by atoms with Crippen LogP contribution in [0.2, 0.25) is 0 Å². The molecule has 1 heterocycles. The zero-order valence-electron chi connectivity index (χ0n) is 22.8. The smallest absolute Gasteiger partial charge is 0.136 e. The normalized spacial score (nSPS) is 11.8. The number of furan rings is 1. The second kappa shape index (κ2) is 8.95. The first-order chi connectivity index (χ1) is 20.8. The van der Waals surface area contributed by atoms with E-state index in [2.05, 4.69) is 157 Å². The number of fused-ring (bicyclic) bond motifs is 3. The monoisotopic (exact) mass is 535 g/mol. The Morgan fingerprint density at radius 2 is 1.02 bits per heavy atom. The summed E-state index contributed by atoms with van der Waals surface area (Å²) in [7, 11) is 0. The molecule has 0 amide bonds. The average Bonchev–Trinajstić information content (AvgIpc) is 3.39. The highest BCUT2D eigenvalue weighted by molar-refractivity contribution is 6.28. The summed E-state index contributed by atoms with van der Waals surface area (Å²) in [6, 6.07) is 54.3. The number of para-hydroxylation sites is 1. The van der Waals surface area contributed by atoms with Gasteiger partial charge in [0.2, 0.25) is 0 Å². The second-order valence-corrected chi connectivity index (χ2v) is 10.9. The molecular weight excluding hydrogens is 510 g/mol. The molecule has 2 nitrogen and oxygen atoms in total. The third kappa shape index (κ3) is 3.39. The number of rotatable bonds is 4. The van der Waals surface area contributed by atoms with Crippen LogP contribution in [0.5, 0.6) is 0 Å². The quantitative estimate of drug-likeness (QED) is 0.223. The molecule has 0 fully saturated rings. The molecule has 0 saturated heterocycles.